The van der Waals surface area contributed by atoms with Gasteiger partial charge in [0.15, 0.2) is 0 Å². The van der Waals surface area contributed by atoms with Crippen LogP contribution in [0.15, 0.2) is 0 Å². The SMILES string of the molecule is CC(C)NC(=O)NC(C)CS(C)=O. The lowest BCUT2D eigenvalue weighted by molar-refractivity contribution is 0.236. The predicted octanol–water partition coefficient (Wildman–Crippen LogP) is 0.461. The minimum atomic E-state index is -0.867. The number of nitrogens with one attached hydrogen (secondary N) is 2. The molecule has 2 atom stereocenters. The summed E-state index contributed by atoms with van der Waals surface area (Å²) in [6, 6.07) is -0.128. The van der Waals surface area contributed by atoms with Gasteiger partial charge in [0, 0.05) is 34.9 Å². The van der Waals surface area contributed by atoms with Gasteiger partial charge in [-0.25, -0.2) is 4.79 Å². The maximum Gasteiger partial charge on any atom is 0.315 e. The molecule has 0 fully saturated rings. The van der Waals surface area contributed by atoms with Crippen LogP contribution in [0.4, 0.5) is 4.79 Å². The second-order valence-electron chi connectivity index (χ2n) is 3.41. The Morgan fingerprint density at radius 2 is 1.85 bits per heavy atom. The van der Waals surface area contributed by atoms with Gasteiger partial charge in [-0.15, -0.1) is 0 Å². The Morgan fingerprint density at radius 1 is 1.31 bits per heavy atom. The summed E-state index contributed by atoms with van der Waals surface area (Å²) in [6.07, 6.45) is 1.62. The van der Waals surface area contributed by atoms with E-state index in [0.717, 1.165) is 0 Å². The average molecular weight is 206 g/mol. The average Bonchev–Trinajstić information content (AvgIpc) is 1.80. The number of carbonyl (C=O) groups excluding carboxylic acids is 1. The van der Waals surface area contributed by atoms with E-state index in [1.807, 2.05) is 20.8 Å². The van der Waals surface area contributed by atoms with Crippen molar-refractivity contribution in [3.05, 3.63) is 0 Å². The number of hydrogen-bond donors (Lipinski definition) is 2. The molecule has 2 N–H and O–H groups in total. The maximum absolute atomic E-state index is 11.1. The van der Waals surface area contributed by atoms with Gasteiger partial charge < -0.3 is 10.6 Å². The molecule has 0 saturated heterocycles. The third-order valence-corrected chi connectivity index (χ3v) is 2.25. The van der Waals surface area contributed by atoms with E-state index in [0.29, 0.717) is 5.75 Å². The molecule has 0 aromatic carbocycles. The fourth-order valence-corrected chi connectivity index (χ4v) is 1.71. The molecule has 0 rings (SSSR count). The van der Waals surface area contributed by atoms with Crippen LogP contribution in [0.5, 0.6) is 0 Å². The normalized spacial score (nSPS) is 15.2. The van der Waals surface area contributed by atoms with Crippen molar-refractivity contribution in [3.8, 4) is 0 Å². The molecule has 13 heavy (non-hydrogen) atoms. The van der Waals surface area contributed by atoms with Gasteiger partial charge in [0.2, 0.25) is 0 Å². The summed E-state index contributed by atoms with van der Waals surface area (Å²) < 4.78 is 10.8. The Balaban J connectivity index is 3.71. The van der Waals surface area contributed by atoms with E-state index in [9.17, 15) is 9.00 Å². The first-order chi connectivity index (χ1) is 5.91. The Hall–Kier alpha value is -0.580. The van der Waals surface area contributed by atoms with Gasteiger partial charge in [0.25, 0.3) is 0 Å². The van der Waals surface area contributed by atoms with E-state index in [2.05, 4.69) is 10.6 Å². The lowest BCUT2D eigenvalue weighted by Gasteiger charge is -2.14. The molecule has 0 radical (unpaired) electrons. The summed E-state index contributed by atoms with van der Waals surface area (Å²) in [7, 11) is -0.867. The topological polar surface area (TPSA) is 58.2 Å². The summed E-state index contributed by atoms with van der Waals surface area (Å²) in [4.78, 5) is 11.1. The summed E-state index contributed by atoms with van der Waals surface area (Å²) >= 11 is 0. The van der Waals surface area contributed by atoms with Crippen LogP contribution in [0.25, 0.3) is 0 Å². The molecular weight excluding hydrogens is 188 g/mol. The smallest absolute Gasteiger partial charge is 0.315 e. The zero-order valence-electron chi connectivity index (χ0n) is 8.59. The van der Waals surface area contributed by atoms with Crippen molar-refractivity contribution in [1.82, 2.24) is 10.6 Å². The lowest BCUT2D eigenvalue weighted by Crippen LogP contribution is -2.45. The monoisotopic (exact) mass is 206 g/mol. The molecule has 0 saturated carbocycles. The van der Waals surface area contributed by atoms with Crippen LogP contribution < -0.4 is 10.6 Å². The maximum atomic E-state index is 11.1. The molecule has 78 valence electrons. The van der Waals surface area contributed by atoms with Crippen LogP contribution in [-0.4, -0.2) is 34.3 Å². The second-order valence-corrected chi connectivity index (χ2v) is 4.89. The lowest BCUT2D eigenvalue weighted by atomic mass is 10.4. The molecule has 0 aliphatic heterocycles. The molecule has 0 aromatic rings. The fraction of sp³-hybridized carbons (Fsp3) is 0.875. The Kier molecular flexibility index (Phi) is 5.70. The molecule has 0 bridgehead atoms. The van der Waals surface area contributed by atoms with Crippen LogP contribution in [-0.2, 0) is 10.8 Å². The first-order valence-corrected chi connectivity index (χ1v) is 6.01. The minimum absolute atomic E-state index is 0.0513. The van der Waals surface area contributed by atoms with E-state index in [4.69, 9.17) is 0 Å². The van der Waals surface area contributed by atoms with E-state index in [-0.39, 0.29) is 18.1 Å². The highest BCUT2D eigenvalue weighted by Crippen LogP contribution is 1.86. The van der Waals surface area contributed by atoms with Gasteiger partial charge in [0.1, 0.15) is 0 Å². The highest BCUT2D eigenvalue weighted by atomic mass is 32.2. The quantitative estimate of drug-likeness (QED) is 0.702. The third-order valence-electron chi connectivity index (χ3n) is 1.28. The number of hydrogen-bond acceptors (Lipinski definition) is 2. The minimum Gasteiger partial charge on any atom is -0.336 e. The van der Waals surface area contributed by atoms with Crippen molar-refractivity contribution in [2.24, 2.45) is 0 Å². The Bertz CT molecular complexity index is 195. The zero-order valence-corrected chi connectivity index (χ0v) is 9.40. The van der Waals surface area contributed by atoms with Crippen molar-refractivity contribution < 1.29 is 9.00 Å². The van der Waals surface area contributed by atoms with Crippen LogP contribution in [0, 0.1) is 0 Å². The molecule has 2 amide bonds. The number of amides is 2. The molecule has 4 nitrogen and oxygen atoms in total. The van der Waals surface area contributed by atoms with Gasteiger partial charge in [-0.05, 0) is 20.8 Å². The first kappa shape index (κ1) is 12.4. The zero-order chi connectivity index (χ0) is 10.4. The molecule has 0 aliphatic rings. The molecule has 0 spiro atoms. The largest absolute Gasteiger partial charge is 0.336 e. The van der Waals surface area contributed by atoms with Gasteiger partial charge >= 0.3 is 6.03 Å². The molecule has 2 unspecified atom stereocenters. The number of urea groups is 1. The highest BCUT2D eigenvalue weighted by Gasteiger charge is 2.08. The van der Waals surface area contributed by atoms with Crippen LogP contribution in [0.3, 0.4) is 0 Å². The van der Waals surface area contributed by atoms with E-state index < -0.39 is 10.8 Å². The van der Waals surface area contributed by atoms with Crippen molar-refractivity contribution >= 4 is 16.8 Å². The Morgan fingerprint density at radius 3 is 2.23 bits per heavy atom. The molecular formula is C8H18N2O2S. The van der Waals surface area contributed by atoms with Crippen molar-refractivity contribution in [2.75, 3.05) is 12.0 Å². The van der Waals surface area contributed by atoms with E-state index in [1.54, 1.807) is 6.26 Å². The summed E-state index contributed by atoms with van der Waals surface area (Å²) in [6.45, 7) is 5.62. The predicted molar refractivity (Wildman–Crippen MR) is 55.2 cm³/mol. The summed E-state index contributed by atoms with van der Waals surface area (Å²) in [5.41, 5.74) is 0. The van der Waals surface area contributed by atoms with E-state index >= 15 is 0 Å². The fourth-order valence-electron chi connectivity index (χ4n) is 0.921. The number of rotatable bonds is 4. The van der Waals surface area contributed by atoms with E-state index in [1.165, 1.54) is 0 Å². The first-order valence-electron chi connectivity index (χ1n) is 4.29. The number of carbonyl (C=O) groups is 1. The van der Waals surface area contributed by atoms with Crippen molar-refractivity contribution in [1.29, 1.82) is 0 Å². The second kappa shape index (κ2) is 5.96. The van der Waals surface area contributed by atoms with Crippen LogP contribution in [0.2, 0.25) is 0 Å². The Labute approximate surface area is 81.9 Å². The van der Waals surface area contributed by atoms with Crippen LogP contribution >= 0.6 is 0 Å². The van der Waals surface area contributed by atoms with Crippen molar-refractivity contribution in [2.45, 2.75) is 32.9 Å². The molecule has 0 aliphatic carbocycles. The van der Waals surface area contributed by atoms with Crippen LogP contribution in [0.1, 0.15) is 20.8 Å². The molecule has 5 heteroatoms. The summed E-state index contributed by atoms with van der Waals surface area (Å²) in [5, 5.41) is 5.40. The van der Waals surface area contributed by atoms with Gasteiger partial charge in [-0.1, -0.05) is 0 Å². The molecule has 0 heterocycles. The highest BCUT2D eigenvalue weighted by molar-refractivity contribution is 7.84. The van der Waals surface area contributed by atoms with Crippen molar-refractivity contribution in [3.63, 3.8) is 0 Å². The van der Waals surface area contributed by atoms with Gasteiger partial charge in [0.05, 0.1) is 0 Å². The van der Waals surface area contributed by atoms with Gasteiger partial charge in [-0.3, -0.25) is 4.21 Å². The van der Waals surface area contributed by atoms with Gasteiger partial charge in [-0.2, -0.15) is 0 Å². The standard InChI is InChI=1S/C8H18N2O2S/c1-6(2)9-8(11)10-7(3)5-13(4)12/h6-7H,5H2,1-4H3,(H2,9,10,11). The third kappa shape index (κ3) is 7.77. The molecule has 0 aromatic heterocycles. The summed E-state index contributed by atoms with van der Waals surface area (Å²) in [5.74, 6) is 0.492.